The summed E-state index contributed by atoms with van der Waals surface area (Å²) in [5, 5.41) is 6.12. The van der Waals surface area contributed by atoms with Crippen molar-refractivity contribution >= 4 is 23.4 Å². The fraction of sp³-hybridized carbons (Fsp3) is 0.556. The molecule has 24 heavy (non-hydrogen) atoms. The number of hydrogen-bond donors (Lipinski definition) is 2. The molecule has 2 rings (SSSR count). The Hall–Kier alpha value is -1.59. The van der Waals surface area contributed by atoms with Crippen LogP contribution in [-0.4, -0.2) is 36.6 Å². The summed E-state index contributed by atoms with van der Waals surface area (Å²) in [7, 11) is 0. The first-order chi connectivity index (χ1) is 11.4. The Morgan fingerprint density at radius 1 is 1.21 bits per heavy atom. The first kappa shape index (κ1) is 18.7. The Labute approximate surface area is 148 Å². The lowest BCUT2D eigenvalue weighted by Crippen LogP contribution is -2.53. The number of carbonyl (C=O) groups is 2. The van der Waals surface area contributed by atoms with E-state index in [4.69, 9.17) is 16.3 Å². The molecular formula is C18H25ClN2O3. The quantitative estimate of drug-likeness (QED) is 0.827. The van der Waals surface area contributed by atoms with Crippen molar-refractivity contribution in [2.75, 3.05) is 6.61 Å². The predicted octanol–water partition coefficient (Wildman–Crippen LogP) is 2.78. The lowest BCUT2D eigenvalue weighted by Gasteiger charge is -2.26. The van der Waals surface area contributed by atoms with Crippen LogP contribution in [-0.2, 0) is 9.53 Å². The topological polar surface area (TPSA) is 67.4 Å². The van der Waals surface area contributed by atoms with Crippen LogP contribution in [0.1, 0.15) is 44.0 Å². The molecule has 132 valence electrons. The van der Waals surface area contributed by atoms with Crippen molar-refractivity contribution in [2.45, 2.75) is 51.8 Å². The Morgan fingerprint density at radius 3 is 2.50 bits per heavy atom. The number of nitrogens with one attached hydrogen (secondary N) is 2. The standard InChI is InChI=1S/C18H25ClN2O3/c1-11(2)16(18(23)20-12(3)15-9-6-10-24-15)21-17(22)13-7-4-5-8-14(13)19/h4-5,7-8,11-12,15-16H,6,9-10H2,1-3H3,(H,20,23)(H,21,22). The minimum Gasteiger partial charge on any atom is -0.376 e. The molecule has 1 aliphatic heterocycles. The summed E-state index contributed by atoms with van der Waals surface area (Å²) in [5.74, 6) is -0.597. The van der Waals surface area contributed by atoms with Gasteiger partial charge in [-0.3, -0.25) is 9.59 Å². The van der Waals surface area contributed by atoms with Gasteiger partial charge in [0.2, 0.25) is 5.91 Å². The van der Waals surface area contributed by atoms with Crippen molar-refractivity contribution < 1.29 is 14.3 Å². The second kappa shape index (κ2) is 8.49. The van der Waals surface area contributed by atoms with Crippen molar-refractivity contribution in [3.05, 3.63) is 34.9 Å². The van der Waals surface area contributed by atoms with Crippen LogP contribution in [0.4, 0.5) is 0 Å². The number of halogens is 1. The van der Waals surface area contributed by atoms with Crippen LogP contribution < -0.4 is 10.6 Å². The number of carbonyl (C=O) groups excluding carboxylic acids is 2. The first-order valence-corrected chi connectivity index (χ1v) is 8.75. The molecule has 1 aromatic carbocycles. The molecule has 6 heteroatoms. The monoisotopic (exact) mass is 352 g/mol. The smallest absolute Gasteiger partial charge is 0.253 e. The number of ether oxygens (including phenoxy) is 1. The molecular weight excluding hydrogens is 328 g/mol. The highest BCUT2D eigenvalue weighted by molar-refractivity contribution is 6.33. The van der Waals surface area contributed by atoms with Gasteiger partial charge in [-0.25, -0.2) is 0 Å². The summed E-state index contributed by atoms with van der Waals surface area (Å²) in [6, 6.07) is 6.08. The van der Waals surface area contributed by atoms with Crippen LogP contribution in [0.2, 0.25) is 5.02 Å². The van der Waals surface area contributed by atoms with Gasteiger partial charge in [-0.05, 0) is 37.8 Å². The zero-order chi connectivity index (χ0) is 17.7. The molecule has 2 amide bonds. The average Bonchev–Trinajstić information content (AvgIpc) is 3.06. The number of hydrogen-bond acceptors (Lipinski definition) is 3. The molecule has 1 saturated heterocycles. The normalized spacial score (nSPS) is 19.8. The lowest BCUT2D eigenvalue weighted by molar-refractivity contribution is -0.125. The summed E-state index contributed by atoms with van der Waals surface area (Å²) in [6.07, 6.45) is 2.00. The van der Waals surface area contributed by atoms with Crippen molar-refractivity contribution in [3.63, 3.8) is 0 Å². The van der Waals surface area contributed by atoms with Gasteiger partial charge in [0.15, 0.2) is 0 Å². The molecule has 2 N–H and O–H groups in total. The molecule has 0 aromatic heterocycles. The third-order valence-electron chi connectivity index (χ3n) is 4.25. The molecule has 0 radical (unpaired) electrons. The van der Waals surface area contributed by atoms with E-state index in [0.717, 1.165) is 19.4 Å². The lowest BCUT2D eigenvalue weighted by atomic mass is 10.0. The highest BCUT2D eigenvalue weighted by atomic mass is 35.5. The van der Waals surface area contributed by atoms with Crippen LogP contribution in [0, 0.1) is 5.92 Å². The van der Waals surface area contributed by atoms with E-state index in [-0.39, 0.29) is 29.9 Å². The zero-order valence-corrected chi connectivity index (χ0v) is 15.1. The van der Waals surface area contributed by atoms with Gasteiger partial charge in [0.1, 0.15) is 6.04 Å². The molecule has 3 atom stereocenters. The SMILES string of the molecule is CC(C)C(NC(=O)c1ccccc1Cl)C(=O)NC(C)C1CCCO1. The van der Waals surface area contributed by atoms with Crippen LogP contribution in [0.15, 0.2) is 24.3 Å². The van der Waals surface area contributed by atoms with E-state index in [9.17, 15) is 9.59 Å². The van der Waals surface area contributed by atoms with Crippen LogP contribution in [0.3, 0.4) is 0 Å². The maximum atomic E-state index is 12.6. The largest absolute Gasteiger partial charge is 0.376 e. The second-order valence-corrected chi connectivity index (χ2v) is 6.93. The van der Waals surface area contributed by atoms with E-state index in [1.54, 1.807) is 24.3 Å². The molecule has 0 spiro atoms. The van der Waals surface area contributed by atoms with E-state index in [0.29, 0.717) is 10.6 Å². The van der Waals surface area contributed by atoms with E-state index in [2.05, 4.69) is 10.6 Å². The zero-order valence-electron chi connectivity index (χ0n) is 14.3. The molecule has 1 aromatic rings. The Kier molecular flexibility index (Phi) is 6.63. The average molecular weight is 353 g/mol. The van der Waals surface area contributed by atoms with Gasteiger partial charge in [0, 0.05) is 6.61 Å². The maximum absolute atomic E-state index is 12.6. The molecule has 3 unspecified atom stereocenters. The predicted molar refractivity (Wildman–Crippen MR) is 94.1 cm³/mol. The highest BCUT2D eigenvalue weighted by Crippen LogP contribution is 2.17. The van der Waals surface area contributed by atoms with Crippen molar-refractivity contribution in [1.82, 2.24) is 10.6 Å². The maximum Gasteiger partial charge on any atom is 0.253 e. The summed E-state index contributed by atoms with van der Waals surface area (Å²) < 4.78 is 5.60. The summed E-state index contributed by atoms with van der Waals surface area (Å²) in [6.45, 7) is 6.46. The molecule has 5 nitrogen and oxygen atoms in total. The molecule has 1 heterocycles. The molecule has 0 aliphatic carbocycles. The molecule has 0 saturated carbocycles. The van der Waals surface area contributed by atoms with E-state index in [1.165, 1.54) is 0 Å². The minimum absolute atomic E-state index is 0.0426. The van der Waals surface area contributed by atoms with Crippen LogP contribution in [0.5, 0.6) is 0 Å². The number of amides is 2. The van der Waals surface area contributed by atoms with E-state index in [1.807, 2.05) is 20.8 Å². The number of benzene rings is 1. The van der Waals surface area contributed by atoms with Crippen LogP contribution >= 0.6 is 11.6 Å². The fourth-order valence-electron chi connectivity index (χ4n) is 2.80. The van der Waals surface area contributed by atoms with Crippen molar-refractivity contribution in [3.8, 4) is 0 Å². The van der Waals surface area contributed by atoms with Gasteiger partial charge in [-0.15, -0.1) is 0 Å². The summed E-state index contributed by atoms with van der Waals surface area (Å²) in [5.41, 5.74) is 0.366. The third-order valence-corrected chi connectivity index (χ3v) is 4.58. The summed E-state index contributed by atoms with van der Waals surface area (Å²) in [4.78, 5) is 25.0. The molecule has 1 fully saturated rings. The molecule has 0 bridgehead atoms. The summed E-state index contributed by atoms with van der Waals surface area (Å²) >= 11 is 6.05. The molecule has 1 aliphatic rings. The Bertz CT molecular complexity index is 585. The van der Waals surface area contributed by atoms with E-state index >= 15 is 0 Å². The van der Waals surface area contributed by atoms with Gasteiger partial charge < -0.3 is 15.4 Å². The van der Waals surface area contributed by atoms with Crippen molar-refractivity contribution in [1.29, 1.82) is 0 Å². The highest BCUT2D eigenvalue weighted by Gasteiger charge is 2.29. The van der Waals surface area contributed by atoms with Crippen LogP contribution in [0.25, 0.3) is 0 Å². The van der Waals surface area contributed by atoms with Gasteiger partial charge in [0.25, 0.3) is 5.91 Å². The van der Waals surface area contributed by atoms with Gasteiger partial charge in [-0.1, -0.05) is 37.6 Å². The minimum atomic E-state index is -0.627. The van der Waals surface area contributed by atoms with Crippen molar-refractivity contribution in [2.24, 2.45) is 5.92 Å². The number of rotatable bonds is 6. The Morgan fingerprint density at radius 2 is 1.92 bits per heavy atom. The van der Waals surface area contributed by atoms with Gasteiger partial charge >= 0.3 is 0 Å². The third kappa shape index (κ3) is 4.71. The van der Waals surface area contributed by atoms with Gasteiger partial charge in [-0.2, -0.15) is 0 Å². The van der Waals surface area contributed by atoms with E-state index < -0.39 is 6.04 Å². The fourth-order valence-corrected chi connectivity index (χ4v) is 3.02. The van der Waals surface area contributed by atoms with Gasteiger partial charge in [0.05, 0.1) is 22.7 Å². The Balaban J connectivity index is 2.01. The first-order valence-electron chi connectivity index (χ1n) is 8.37. The second-order valence-electron chi connectivity index (χ2n) is 6.52.